The Bertz CT molecular complexity index is 385. The second-order valence-corrected chi connectivity index (χ2v) is 5.98. The van der Waals surface area contributed by atoms with Crippen molar-refractivity contribution >= 4 is 0 Å². The summed E-state index contributed by atoms with van der Waals surface area (Å²) in [7, 11) is 0. The van der Waals surface area contributed by atoms with Crippen molar-refractivity contribution in [2.45, 2.75) is 58.7 Å². The maximum absolute atomic E-state index is 5.91. The zero-order chi connectivity index (χ0) is 13.8. The molecule has 1 aromatic heterocycles. The quantitative estimate of drug-likeness (QED) is 0.858. The van der Waals surface area contributed by atoms with E-state index >= 15 is 0 Å². The summed E-state index contributed by atoms with van der Waals surface area (Å²) in [6, 6.07) is 1.10. The fourth-order valence-electron chi connectivity index (χ4n) is 3.21. The largest absolute Gasteiger partial charge is 0.330 e. The molecule has 1 saturated carbocycles. The molecule has 2 atom stereocenters. The van der Waals surface area contributed by atoms with E-state index in [-0.39, 0.29) is 0 Å². The smallest absolute Gasteiger partial charge is 0.0534 e. The Kier molecular flexibility index (Phi) is 4.99. The van der Waals surface area contributed by atoms with Crippen LogP contribution in [0.4, 0.5) is 0 Å². The Morgan fingerprint density at radius 1 is 1.47 bits per heavy atom. The maximum Gasteiger partial charge on any atom is 0.0534 e. The van der Waals surface area contributed by atoms with Crippen LogP contribution in [-0.2, 0) is 6.54 Å². The van der Waals surface area contributed by atoms with Crippen LogP contribution >= 0.6 is 0 Å². The first kappa shape index (κ1) is 14.5. The van der Waals surface area contributed by atoms with Crippen molar-refractivity contribution < 1.29 is 0 Å². The molecule has 2 rings (SSSR count). The predicted molar refractivity (Wildman–Crippen MR) is 78.9 cm³/mol. The van der Waals surface area contributed by atoms with Gasteiger partial charge in [0.15, 0.2) is 0 Å². The van der Waals surface area contributed by atoms with Gasteiger partial charge in [-0.2, -0.15) is 5.10 Å². The third-order valence-electron chi connectivity index (χ3n) is 4.37. The molecule has 1 aliphatic rings. The lowest BCUT2D eigenvalue weighted by atomic mass is 10.0. The molecule has 0 radical (unpaired) electrons. The van der Waals surface area contributed by atoms with Crippen LogP contribution in [-0.4, -0.2) is 33.8 Å². The van der Waals surface area contributed by atoms with Gasteiger partial charge in [0.25, 0.3) is 0 Å². The number of nitrogens with two attached hydrogens (primary N) is 1. The zero-order valence-electron chi connectivity index (χ0n) is 12.5. The maximum atomic E-state index is 5.91. The lowest BCUT2D eigenvalue weighted by molar-refractivity contribution is 0.162. The summed E-state index contributed by atoms with van der Waals surface area (Å²) in [4.78, 5) is 2.58. The topological polar surface area (TPSA) is 47.1 Å². The Labute approximate surface area is 117 Å². The first-order valence-corrected chi connectivity index (χ1v) is 7.62. The van der Waals surface area contributed by atoms with Crippen molar-refractivity contribution in [1.82, 2.24) is 14.7 Å². The number of nitrogens with zero attached hydrogens (tertiary/aromatic N) is 3. The Morgan fingerprint density at radius 2 is 2.26 bits per heavy atom. The third kappa shape index (κ3) is 3.37. The fraction of sp³-hybridized carbons (Fsp3) is 0.800. The molecule has 1 fully saturated rings. The van der Waals surface area contributed by atoms with E-state index in [4.69, 9.17) is 5.73 Å². The van der Waals surface area contributed by atoms with Gasteiger partial charge in [-0.3, -0.25) is 9.58 Å². The Hall–Kier alpha value is -0.870. The highest BCUT2D eigenvalue weighted by atomic mass is 15.3. The van der Waals surface area contributed by atoms with Gasteiger partial charge in [-0.1, -0.05) is 13.3 Å². The van der Waals surface area contributed by atoms with Crippen LogP contribution in [0.1, 0.15) is 51.6 Å². The summed E-state index contributed by atoms with van der Waals surface area (Å²) < 4.78 is 2.04. The lowest BCUT2D eigenvalue weighted by Gasteiger charge is -2.31. The molecule has 0 aromatic carbocycles. The molecule has 4 nitrogen and oxygen atoms in total. The normalized spacial score (nSPS) is 23.7. The SMILES string of the molecule is CCN(Cc1cnn(C(C)C)c1)C1CCCC1CN. The van der Waals surface area contributed by atoms with Gasteiger partial charge in [0.2, 0.25) is 0 Å². The fourth-order valence-corrected chi connectivity index (χ4v) is 3.21. The van der Waals surface area contributed by atoms with Gasteiger partial charge in [-0.05, 0) is 45.7 Å². The van der Waals surface area contributed by atoms with Gasteiger partial charge in [-0.25, -0.2) is 0 Å². The third-order valence-corrected chi connectivity index (χ3v) is 4.37. The average molecular weight is 264 g/mol. The van der Waals surface area contributed by atoms with Crippen LogP contribution in [0, 0.1) is 5.92 Å². The first-order chi connectivity index (χ1) is 9.15. The number of aromatic nitrogens is 2. The van der Waals surface area contributed by atoms with E-state index < -0.39 is 0 Å². The summed E-state index contributed by atoms with van der Waals surface area (Å²) in [5.41, 5.74) is 7.23. The van der Waals surface area contributed by atoms with Crippen molar-refractivity contribution in [1.29, 1.82) is 0 Å². The minimum atomic E-state index is 0.437. The zero-order valence-corrected chi connectivity index (χ0v) is 12.5. The van der Waals surface area contributed by atoms with Gasteiger partial charge in [0.1, 0.15) is 0 Å². The molecule has 0 saturated heterocycles. The molecule has 108 valence electrons. The monoisotopic (exact) mass is 264 g/mol. The van der Waals surface area contributed by atoms with Crippen LogP contribution in [0.5, 0.6) is 0 Å². The van der Waals surface area contributed by atoms with Crippen molar-refractivity contribution in [3.8, 4) is 0 Å². The first-order valence-electron chi connectivity index (χ1n) is 7.62. The van der Waals surface area contributed by atoms with E-state index in [0.29, 0.717) is 18.0 Å². The van der Waals surface area contributed by atoms with E-state index in [1.165, 1.54) is 24.8 Å². The van der Waals surface area contributed by atoms with E-state index in [2.05, 4.69) is 37.0 Å². The molecule has 0 spiro atoms. The van der Waals surface area contributed by atoms with Gasteiger partial charge in [0.05, 0.1) is 6.20 Å². The van der Waals surface area contributed by atoms with E-state index in [1.54, 1.807) is 0 Å². The molecule has 0 aliphatic heterocycles. The molecule has 19 heavy (non-hydrogen) atoms. The Morgan fingerprint density at radius 3 is 2.84 bits per heavy atom. The summed E-state index contributed by atoms with van der Waals surface area (Å²) >= 11 is 0. The summed E-state index contributed by atoms with van der Waals surface area (Å²) in [6.45, 7) is 9.50. The second kappa shape index (κ2) is 6.53. The minimum absolute atomic E-state index is 0.437. The Balaban J connectivity index is 2.01. The van der Waals surface area contributed by atoms with Crippen LogP contribution in [0.15, 0.2) is 12.4 Å². The summed E-state index contributed by atoms with van der Waals surface area (Å²) in [5, 5.41) is 4.43. The summed E-state index contributed by atoms with van der Waals surface area (Å²) in [6.07, 6.45) is 8.11. The van der Waals surface area contributed by atoms with Crippen LogP contribution < -0.4 is 5.73 Å². The minimum Gasteiger partial charge on any atom is -0.330 e. The van der Waals surface area contributed by atoms with Gasteiger partial charge in [0, 0.05) is 30.4 Å². The molecule has 0 amide bonds. The molecule has 2 N–H and O–H groups in total. The molecule has 0 bridgehead atoms. The predicted octanol–water partition coefficient (Wildman–Crippen LogP) is 2.41. The second-order valence-electron chi connectivity index (χ2n) is 5.98. The standard InChI is InChI=1S/C15H28N4/c1-4-18(15-7-5-6-14(15)8-16)10-13-9-17-19(11-13)12(2)3/h9,11-12,14-15H,4-8,10,16H2,1-3H3. The molecule has 1 aromatic rings. The highest BCUT2D eigenvalue weighted by Gasteiger charge is 2.30. The highest BCUT2D eigenvalue weighted by molar-refractivity contribution is 5.05. The average Bonchev–Trinajstić information content (AvgIpc) is 3.04. The molecular formula is C15H28N4. The van der Waals surface area contributed by atoms with Gasteiger partial charge in [-0.15, -0.1) is 0 Å². The van der Waals surface area contributed by atoms with Crippen molar-refractivity contribution in [2.75, 3.05) is 13.1 Å². The molecule has 1 aliphatic carbocycles. The van der Waals surface area contributed by atoms with Crippen molar-refractivity contribution in [3.05, 3.63) is 18.0 Å². The number of hydrogen-bond acceptors (Lipinski definition) is 3. The molecule has 4 heteroatoms. The lowest BCUT2D eigenvalue weighted by Crippen LogP contribution is -2.39. The van der Waals surface area contributed by atoms with Crippen molar-refractivity contribution in [3.63, 3.8) is 0 Å². The van der Waals surface area contributed by atoms with Crippen LogP contribution in [0.25, 0.3) is 0 Å². The van der Waals surface area contributed by atoms with Gasteiger partial charge >= 0.3 is 0 Å². The molecule has 1 heterocycles. The van der Waals surface area contributed by atoms with Gasteiger partial charge < -0.3 is 5.73 Å². The number of rotatable bonds is 6. The molecule has 2 unspecified atom stereocenters. The summed E-state index contributed by atoms with van der Waals surface area (Å²) in [5.74, 6) is 0.681. The van der Waals surface area contributed by atoms with E-state index in [0.717, 1.165) is 19.6 Å². The van der Waals surface area contributed by atoms with Crippen molar-refractivity contribution in [2.24, 2.45) is 11.7 Å². The molecular weight excluding hydrogens is 236 g/mol. The number of hydrogen-bond donors (Lipinski definition) is 1. The van der Waals surface area contributed by atoms with Crippen LogP contribution in [0.3, 0.4) is 0 Å². The highest BCUT2D eigenvalue weighted by Crippen LogP contribution is 2.30. The van der Waals surface area contributed by atoms with E-state index in [1.807, 2.05) is 10.9 Å². The van der Waals surface area contributed by atoms with E-state index in [9.17, 15) is 0 Å². The van der Waals surface area contributed by atoms with Crippen LogP contribution in [0.2, 0.25) is 0 Å².